The molecule has 2 saturated heterocycles. The fraction of sp³-hybridized carbons (Fsp3) is 0.579. The van der Waals surface area contributed by atoms with Gasteiger partial charge >= 0.3 is 19.0 Å². The van der Waals surface area contributed by atoms with Gasteiger partial charge in [0.05, 0.1) is 25.4 Å². The van der Waals surface area contributed by atoms with Gasteiger partial charge in [-0.15, -0.1) is 0 Å². The van der Waals surface area contributed by atoms with Crippen LogP contribution in [0.5, 0.6) is 0 Å². The lowest BCUT2D eigenvalue weighted by molar-refractivity contribution is -0.0313. The van der Waals surface area contributed by atoms with Crippen LogP contribution in [-0.2, 0) is 23.1 Å². The van der Waals surface area contributed by atoms with Crippen molar-refractivity contribution >= 4 is 19.2 Å². The van der Waals surface area contributed by atoms with E-state index in [0.717, 1.165) is 0 Å². The standard InChI is InChI=1S/C19H27N6O7P/c1-33(28,29-10-12-2-4-16(31-12)24-8-6-14(20)22-18(24)26)30-11-13-3-5-17(32-13)25-9-7-15(21)23-19(25)27/h6-9,12-13,16-17H,2-5,10-11H2,1H3,(H2,20,22,26)(H2,21,23,27)/t12-,13+,16+,17-,33?. The predicted octanol–water partition coefficient (Wildman–Crippen LogP) is 0.876. The van der Waals surface area contributed by atoms with Gasteiger partial charge in [0.1, 0.15) is 24.1 Å². The van der Waals surface area contributed by atoms with E-state index < -0.39 is 31.4 Å². The molecule has 5 atom stereocenters. The van der Waals surface area contributed by atoms with Crippen LogP contribution in [0.15, 0.2) is 34.1 Å². The Kier molecular flexibility index (Phi) is 6.96. The molecule has 2 aliphatic rings. The van der Waals surface area contributed by atoms with E-state index in [-0.39, 0.29) is 37.1 Å². The van der Waals surface area contributed by atoms with Crippen LogP contribution in [0.25, 0.3) is 0 Å². The molecule has 4 heterocycles. The van der Waals surface area contributed by atoms with Gasteiger partial charge in [0, 0.05) is 19.1 Å². The Labute approximate surface area is 189 Å². The summed E-state index contributed by atoms with van der Waals surface area (Å²) in [5.41, 5.74) is 10.0. The molecule has 13 nitrogen and oxygen atoms in total. The second-order valence-electron chi connectivity index (χ2n) is 8.03. The van der Waals surface area contributed by atoms with E-state index >= 15 is 0 Å². The number of ether oxygens (including phenoxy) is 2. The molecule has 1 unspecified atom stereocenters. The maximum absolute atomic E-state index is 12.7. The first-order valence-electron chi connectivity index (χ1n) is 10.6. The maximum Gasteiger partial charge on any atom is 0.351 e. The summed E-state index contributed by atoms with van der Waals surface area (Å²) in [6.45, 7) is 1.50. The van der Waals surface area contributed by atoms with Crippen molar-refractivity contribution in [2.24, 2.45) is 0 Å². The van der Waals surface area contributed by atoms with Gasteiger partial charge in [0.15, 0.2) is 0 Å². The lowest BCUT2D eigenvalue weighted by atomic mass is 10.2. The number of hydrogen-bond acceptors (Lipinski definition) is 11. The molecular weight excluding hydrogens is 455 g/mol. The Morgan fingerprint density at radius 1 is 0.909 bits per heavy atom. The molecule has 2 fully saturated rings. The van der Waals surface area contributed by atoms with Crippen molar-refractivity contribution in [3.05, 3.63) is 45.5 Å². The van der Waals surface area contributed by atoms with E-state index in [4.69, 9.17) is 30.0 Å². The van der Waals surface area contributed by atoms with Crippen LogP contribution in [0.1, 0.15) is 38.1 Å². The highest BCUT2D eigenvalue weighted by molar-refractivity contribution is 7.52. The van der Waals surface area contributed by atoms with Gasteiger partial charge in [-0.05, 0) is 37.8 Å². The SMILES string of the molecule is CP(=O)(OC[C@H]1CC[C@@H](n2ccc(N)nc2=O)O1)OC[C@@H]1CC[C@H](n2ccc(N)nc2=O)O1. The Hall–Kier alpha value is -2.57. The van der Waals surface area contributed by atoms with Crippen molar-refractivity contribution < 1.29 is 23.1 Å². The molecule has 33 heavy (non-hydrogen) atoms. The van der Waals surface area contributed by atoms with Crippen molar-refractivity contribution in [1.82, 2.24) is 19.1 Å². The summed E-state index contributed by atoms with van der Waals surface area (Å²) < 4.78 is 38.1. The zero-order valence-electron chi connectivity index (χ0n) is 18.1. The number of rotatable bonds is 8. The molecule has 0 spiro atoms. The van der Waals surface area contributed by atoms with E-state index in [1.165, 1.54) is 40.3 Å². The van der Waals surface area contributed by atoms with Crippen molar-refractivity contribution in [3.63, 3.8) is 0 Å². The molecule has 2 aromatic rings. The monoisotopic (exact) mass is 482 g/mol. The molecule has 0 amide bonds. The third-order valence-corrected chi connectivity index (χ3v) is 6.72. The number of anilines is 2. The summed E-state index contributed by atoms with van der Waals surface area (Å²) in [7, 11) is -3.37. The topological polar surface area (TPSA) is 176 Å². The molecule has 2 aromatic heterocycles. The van der Waals surface area contributed by atoms with E-state index in [9.17, 15) is 14.2 Å². The van der Waals surface area contributed by atoms with E-state index in [1.807, 2.05) is 0 Å². The Morgan fingerprint density at radius 3 is 1.73 bits per heavy atom. The molecular formula is C19H27N6O7P. The van der Waals surface area contributed by atoms with Gasteiger partial charge in [-0.3, -0.25) is 13.7 Å². The van der Waals surface area contributed by atoms with Crippen molar-refractivity contribution in [2.45, 2.75) is 50.3 Å². The quantitative estimate of drug-likeness (QED) is 0.511. The molecule has 4 N–H and O–H groups in total. The molecule has 0 aliphatic carbocycles. The highest BCUT2D eigenvalue weighted by atomic mass is 31.2. The summed E-state index contributed by atoms with van der Waals surface area (Å²) in [6.07, 6.45) is 3.86. The first-order chi connectivity index (χ1) is 15.7. The highest BCUT2D eigenvalue weighted by Crippen LogP contribution is 2.45. The van der Waals surface area contributed by atoms with Crippen LogP contribution in [0.3, 0.4) is 0 Å². The summed E-state index contributed by atoms with van der Waals surface area (Å²) in [5, 5.41) is 0. The number of aromatic nitrogens is 4. The summed E-state index contributed by atoms with van der Waals surface area (Å²) in [4.78, 5) is 31.3. The molecule has 4 rings (SSSR count). The minimum atomic E-state index is -3.37. The van der Waals surface area contributed by atoms with Crippen LogP contribution in [0, 0.1) is 0 Å². The average Bonchev–Trinajstić information content (AvgIpc) is 3.41. The second kappa shape index (κ2) is 9.74. The minimum absolute atomic E-state index is 0.0576. The molecule has 2 aliphatic heterocycles. The summed E-state index contributed by atoms with van der Waals surface area (Å²) in [6, 6.07) is 3.05. The molecule has 0 radical (unpaired) electrons. The lowest BCUT2D eigenvalue weighted by Crippen LogP contribution is -2.28. The van der Waals surface area contributed by atoms with Crippen molar-refractivity contribution in [2.75, 3.05) is 31.3 Å². The van der Waals surface area contributed by atoms with Gasteiger partial charge in [-0.2, -0.15) is 9.97 Å². The fourth-order valence-corrected chi connectivity index (χ4v) is 4.74. The maximum atomic E-state index is 12.7. The smallest absolute Gasteiger partial charge is 0.351 e. The number of nitrogens with two attached hydrogens (primary N) is 2. The van der Waals surface area contributed by atoms with E-state index in [2.05, 4.69) is 9.97 Å². The zero-order chi connectivity index (χ0) is 23.6. The van der Waals surface area contributed by atoms with Crippen LogP contribution >= 0.6 is 7.60 Å². The molecule has 0 aromatic carbocycles. The number of nitrogens with zero attached hydrogens (tertiary/aromatic N) is 4. The minimum Gasteiger partial charge on any atom is -0.383 e. The Balaban J connectivity index is 1.23. The van der Waals surface area contributed by atoms with Crippen LogP contribution in [-0.4, -0.2) is 51.2 Å². The Bertz CT molecular complexity index is 1070. The number of nitrogen functional groups attached to an aromatic ring is 2. The average molecular weight is 482 g/mol. The summed E-state index contributed by atoms with van der Waals surface area (Å²) >= 11 is 0. The third-order valence-electron chi connectivity index (χ3n) is 5.48. The molecule has 14 heteroatoms. The van der Waals surface area contributed by atoms with Crippen LogP contribution in [0.4, 0.5) is 11.6 Å². The summed E-state index contributed by atoms with van der Waals surface area (Å²) in [5.74, 6) is 0.293. The number of hydrogen-bond donors (Lipinski definition) is 2. The zero-order valence-corrected chi connectivity index (χ0v) is 19.0. The third kappa shape index (κ3) is 5.87. The largest absolute Gasteiger partial charge is 0.383 e. The molecule has 0 bridgehead atoms. The molecule has 0 saturated carbocycles. The highest BCUT2D eigenvalue weighted by Gasteiger charge is 2.32. The van der Waals surface area contributed by atoms with Crippen LogP contribution < -0.4 is 22.8 Å². The van der Waals surface area contributed by atoms with Crippen molar-refractivity contribution in [3.8, 4) is 0 Å². The van der Waals surface area contributed by atoms with Gasteiger partial charge in [-0.25, -0.2) is 9.59 Å². The van der Waals surface area contributed by atoms with Crippen molar-refractivity contribution in [1.29, 1.82) is 0 Å². The van der Waals surface area contributed by atoms with Gasteiger partial charge in [-0.1, -0.05) is 0 Å². The van der Waals surface area contributed by atoms with Gasteiger partial charge < -0.3 is 30.0 Å². The second-order valence-corrected chi connectivity index (χ2v) is 10.1. The molecule has 180 valence electrons. The fourth-order valence-electron chi connectivity index (χ4n) is 3.79. The lowest BCUT2D eigenvalue weighted by Gasteiger charge is -2.20. The first-order valence-corrected chi connectivity index (χ1v) is 12.6. The van der Waals surface area contributed by atoms with Crippen LogP contribution in [0.2, 0.25) is 0 Å². The predicted molar refractivity (Wildman–Crippen MR) is 118 cm³/mol. The van der Waals surface area contributed by atoms with E-state index in [0.29, 0.717) is 25.7 Å². The van der Waals surface area contributed by atoms with Gasteiger partial charge in [0.25, 0.3) is 0 Å². The van der Waals surface area contributed by atoms with Gasteiger partial charge in [0.2, 0.25) is 0 Å². The normalized spacial score (nSPS) is 26.9. The van der Waals surface area contributed by atoms with E-state index in [1.54, 1.807) is 0 Å². The first kappa shape index (κ1) is 23.6. The Morgan fingerprint density at radius 2 is 1.33 bits per heavy atom.